The van der Waals surface area contributed by atoms with Crippen molar-refractivity contribution >= 4 is 17.7 Å². The molecular formula is C16H22N2O3. The van der Waals surface area contributed by atoms with Gasteiger partial charge in [-0.3, -0.25) is 4.90 Å². The molecule has 0 radical (unpaired) electrons. The Kier molecular flexibility index (Phi) is 4.21. The first kappa shape index (κ1) is 15.4. The molecule has 21 heavy (non-hydrogen) atoms. The van der Waals surface area contributed by atoms with Crippen LogP contribution in [0.2, 0.25) is 0 Å². The van der Waals surface area contributed by atoms with Crippen molar-refractivity contribution < 1.29 is 14.7 Å². The number of nitrogens with one attached hydrogen (secondary N) is 1. The summed E-state index contributed by atoms with van der Waals surface area (Å²) in [6.45, 7) is 6.71. The van der Waals surface area contributed by atoms with Crippen LogP contribution in [0.15, 0.2) is 18.2 Å². The van der Waals surface area contributed by atoms with Crippen molar-refractivity contribution in [1.29, 1.82) is 0 Å². The van der Waals surface area contributed by atoms with E-state index in [1.807, 2.05) is 20.8 Å². The number of nitrogens with zero attached hydrogens (tertiary/aromatic N) is 1. The maximum atomic E-state index is 12.5. The molecule has 5 nitrogen and oxygen atoms in total. The van der Waals surface area contributed by atoms with Gasteiger partial charge >= 0.3 is 12.0 Å². The number of benzene rings is 1. The van der Waals surface area contributed by atoms with Crippen LogP contribution in [0.4, 0.5) is 10.5 Å². The SMILES string of the molecule is CCC(C)(CC)NC(=O)N1CCc2ccc(C(=O)O)cc21. The highest BCUT2D eigenvalue weighted by molar-refractivity contribution is 5.97. The molecule has 0 aromatic heterocycles. The van der Waals surface area contributed by atoms with Crippen molar-refractivity contribution in [2.45, 2.75) is 45.6 Å². The van der Waals surface area contributed by atoms with Gasteiger partial charge in [0.05, 0.1) is 5.56 Å². The molecule has 2 amide bonds. The first-order chi connectivity index (χ1) is 9.90. The lowest BCUT2D eigenvalue weighted by molar-refractivity contribution is 0.0697. The van der Waals surface area contributed by atoms with E-state index < -0.39 is 5.97 Å². The summed E-state index contributed by atoms with van der Waals surface area (Å²) >= 11 is 0. The van der Waals surface area contributed by atoms with Crippen molar-refractivity contribution in [3.8, 4) is 0 Å². The van der Waals surface area contributed by atoms with E-state index in [1.165, 1.54) is 0 Å². The summed E-state index contributed by atoms with van der Waals surface area (Å²) in [6, 6.07) is 4.82. The second-order valence-corrected chi connectivity index (χ2v) is 5.75. The Morgan fingerprint density at radius 1 is 1.33 bits per heavy atom. The number of rotatable bonds is 4. The third kappa shape index (κ3) is 3.01. The normalized spacial score (nSPS) is 14.0. The maximum absolute atomic E-state index is 12.5. The molecule has 0 spiro atoms. The quantitative estimate of drug-likeness (QED) is 0.895. The zero-order valence-electron chi connectivity index (χ0n) is 12.8. The molecule has 2 N–H and O–H groups in total. The Hall–Kier alpha value is -2.04. The lowest BCUT2D eigenvalue weighted by Gasteiger charge is -2.31. The number of amides is 2. The standard InChI is InChI=1S/C16H22N2O3/c1-4-16(3,5-2)17-15(21)18-9-8-11-6-7-12(14(19)20)10-13(11)18/h6-7,10H,4-5,8-9H2,1-3H3,(H,17,21)(H,19,20). The average molecular weight is 290 g/mol. The number of carbonyl (C=O) groups excluding carboxylic acids is 1. The molecule has 5 heteroatoms. The zero-order valence-corrected chi connectivity index (χ0v) is 12.8. The zero-order chi connectivity index (χ0) is 15.6. The lowest BCUT2D eigenvalue weighted by Crippen LogP contribution is -2.50. The summed E-state index contributed by atoms with van der Waals surface area (Å²) in [5, 5.41) is 12.1. The fourth-order valence-corrected chi connectivity index (χ4v) is 2.48. The second-order valence-electron chi connectivity index (χ2n) is 5.75. The van der Waals surface area contributed by atoms with Crippen LogP contribution in [0.25, 0.3) is 0 Å². The molecule has 1 aromatic carbocycles. The van der Waals surface area contributed by atoms with Crippen molar-refractivity contribution in [2.24, 2.45) is 0 Å². The minimum absolute atomic E-state index is 0.150. The van der Waals surface area contributed by atoms with Gasteiger partial charge in [0.25, 0.3) is 0 Å². The van der Waals surface area contributed by atoms with E-state index in [-0.39, 0.29) is 17.1 Å². The molecule has 2 rings (SSSR count). The molecule has 1 aliphatic rings. The molecular weight excluding hydrogens is 268 g/mol. The van der Waals surface area contributed by atoms with Gasteiger partial charge in [0.15, 0.2) is 0 Å². The summed E-state index contributed by atoms with van der Waals surface area (Å²) in [4.78, 5) is 25.2. The highest BCUT2D eigenvalue weighted by atomic mass is 16.4. The summed E-state index contributed by atoms with van der Waals surface area (Å²) < 4.78 is 0. The summed E-state index contributed by atoms with van der Waals surface area (Å²) in [6.07, 6.45) is 2.47. The third-order valence-electron chi connectivity index (χ3n) is 4.44. The van der Waals surface area contributed by atoms with Crippen LogP contribution in [0.5, 0.6) is 0 Å². The van der Waals surface area contributed by atoms with Crippen molar-refractivity contribution in [1.82, 2.24) is 5.32 Å². The van der Waals surface area contributed by atoms with E-state index in [4.69, 9.17) is 5.11 Å². The van der Waals surface area contributed by atoms with Crippen LogP contribution in [0.1, 0.15) is 49.5 Å². The minimum Gasteiger partial charge on any atom is -0.478 e. The molecule has 0 fully saturated rings. The topological polar surface area (TPSA) is 69.6 Å². The highest BCUT2D eigenvalue weighted by Gasteiger charge is 2.30. The van der Waals surface area contributed by atoms with Crippen LogP contribution in [0.3, 0.4) is 0 Å². The van der Waals surface area contributed by atoms with Gasteiger partial charge in [0.1, 0.15) is 0 Å². The van der Waals surface area contributed by atoms with Crippen LogP contribution in [-0.2, 0) is 6.42 Å². The molecule has 0 saturated carbocycles. The molecule has 0 saturated heterocycles. The van der Waals surface area contributed by atoms with E-state index in [2.05, 4.69) is 5.32 Å². The van der Waals surface area contributed by atoms with Crippen LogP contribution >= 0.6 is 0 Å². The number of carboxylic acids is 1. The van der Waals surface area contributed by atoms with E-state index in [0.29, 0.717) is 12.2 Å². The molecule has 1 aliphatic heterocycles. The second kappa shape index (κ2) is 5.76. The fraction of sp³-hybridized carbons (Fsp3) is 0.500. The van der Waals surface area contributed by atoms with Crippen LogP contribution < -0.4 is 10.2 Å². The summed E-state index contributed by atoms with van der Waals surface area (Å²) in [5.41, 5.74) is 1.71. The molecule has 0 aliphatic carbocycles. The number of carboxylic acid groups (broad SMARTS) is 1. The van der Waals surface area contributed by atoms with Gasteiger partial charge in [-0.25, -0.2) is 9.59 Å². The van der Waals surface area contributed by atoms with Crippen LogP contribution in [-0.4, -0.2) is 29.2 Å². The predicted molar refractivity (Wildman–Crippen MR) is 82.0 cm³/mol. The molecule has 0 bridgehead atoms. The monoisotopic (exact) mass is 290 g/mol. The number of urea groups is 1. The Bertz CT molecular complexity index is 565. The molecule has 114 valence electrons. The summed E-state index contributed by atoms with van der Waals surface area (Å²) in [7, 11) is 0. The Labute approximate surface area is 125 Å². The predicted octanol–water partition coefficient (Wildman–Crippen LogP) is 3.04. The maximum Gasteiger partial charge on any atom is 0.335 e. The van der Waals surface area contributed by atoms with E-state index in [9.17, 15) is 9.59 Å². The third-order valence-corrected chi connectivity index (χ3v) is 4.44. The Morgan fingerprint density at radius 3 is 2.57 bits per heavy atom. The molecule has 0 atom stereocenters. The number of hydrogen-bond donors (Lipinski definition) is 2. The van der Waals surface area contributed by atoms with Gasteiger partial charge in [-0.15, -0.1) is 0 Å². The van der Waals surface area contributed by atoms with Gasteiger partial charge in [-0.05, 0) is 43.9 Å². The largest absolute Gasteiger partial charge is 0.478 e. The number of aromatic carboxylic acids is 1. The summed E-state index contributed by atoms with van der Waals surface area (Å²) in [5.74, 6) is -0.975. The molecule has 1 aromatic rings. The number of anilines is 1. The molecule has 1 heterocycles. The van der Waals surface area contributed by atoms with Crippen molar-refractivity contribution in [3.63, 3.8) is 0 Å². The minimum atomic E-state index is -0.975. The van der Waals surface area contributed by atoms with E-state index in [1.54, 1.807) is 23.1 Å². The van der Waals surface area contributed by atoms with E-state index >= 15 is 0 Å². The van der Waals surface area contributed by atoms with Gasteiger partial charge in [0, 0.05) is 17.8 Å². The first-order valence-corrected chi connectivity index (χ1v) is 7.36. The van der Waals surface area contributed by atoms with Gasteiger partial charge in [-0.1, -0.05) is 19.9 Å². The molecule has 0 unspecified atom stereocenters. The van der Waals surface area contributed by atoms with Gasteiger partial charge in [0.2, 0.25) is 0 Å². The first-order valence-electron chi connectivity index (χ1n) is 7.36. The fourth-order valence-electron chi connectivity index (χ4n) is 2.48. The average Bonchev–Trinajstić information content (AvgIpc) is 2.90. The Morgan fingerprint density at radius 2 is 2.00 bits per heavy atom. The van der Waals surface area contributed by atoms with Gasteiger partial charge < -0.3 is 10.4 Å². The van der Waals surface area contributed by atoms with Gasteiger partial charge in [-0.2, -0.15) is 0 Å². The number of fused-ring (bicyclic) bond motifs is 1. The smallest absolute Gasteiger partial charge is 0.335 e. The van der Waals surface area contributed by atoms with E-state index in [0.717, 1.165) is 24.8 Å². The van der Waals surface area contributed by atoms with Crippen molar-refractivity contribution in [2.75, 3.05) is 11.4 Å². The number of hydrogen-bond acceptors (Lipinski definition) is 2. The number of carbonyl (C=O) groups is 2. The Balaban J connectivity index is 2.23. The highest BCUT2D eigenvalue weighted by Crippen LogP contribution is 2.29. The lowest BCUT2D eigenvalue weighted by atomic mass is 9.96. The van der Waals surface area contributed by atoms with Crippen molar-refractivity contribution in [3.05, 3.63) is 29.3 Å². The van der Waals surface area contributed by atoms with Crippen LogP contribution in [0, 0.1) is 0 Å².